The first-order chi connectivity index (χ1) is 10.9. The number of amides is 1. The Morgan fingerprint density at radius 2 is 1.91 bits per heavy atom. The topological polar surface area (TPSA) is 81.4 Å². The maximum absolute atomic E-state index is 12.9. The molecule has 23 heavy (non-hydrogen) atoms. The number of aryl methyl sites for hydroxylation is 2. The van der Waals surface area contributed by atoms with E-state index in [9.17, 15) is 14.0 Å². The Kier molecular flexibility index (Phi) is 4.95. The summed E-state index contributed by atoms with van der Waals surface area (Å²) in [4.78, 5) is 23.7. The van der Waals surface area contributed by atoms with Crippen molar-refractivity contribution in [3.8, 4) is 0 Å². The first kappa shape index (κ1) is 16.5. The van der Waals surface area contributed by atoms with Crippen LogP contribution in [0, 0.1) is 19.7 Å². The van der Waals surface area contributed by atoms with Gasteiger partial charge in [-0.3, -0.25) is 4.79 Å². The van der Waals surface area contributed by atoms with Crippen LogP contribution in [0.1, 0.15) is 21.5 Å². The fourth-order valence-corrected chi connectivity index (χ4v) is 2.07. The molecule has 0 radical (unpaired) electrons. The lowest BCUT2D eigenvalue weighted by Gasteiger charge is -2.10. The molecule has 2 rings (SSSR count). The lowest BCUT2D eigenvalue weighted by molar-refractivity contribution is -0.119. The fraction of sp³-hybridized carbons (Fsp3) is 0.176. The molecule has 120 valence electrons. The average Bonchev–Trinajstić information content (AvgIpc) is 2.48. The molecule has 1 amide bonds. The normalized spacial score (nSPS) is 10.2. The van der Waals surface area contributed by atoms with Gasteiger partial charge in [0.25, 0.3) is 5.91 Å². The standard InChI is InChI=1S/C17H17FN2O3/c1-10-3-6-15(11(2)7-10)20-16(21)9-23-17(22)13-5-4-12(18)8-14(13)19/h3-8H,9,19H2,1-2H3,(H,20,21). The van der Waals surface area contributed by atoms with Crippen molar-refractivity contribution in [2.75, 3.05) is 17.7 Å². The summed E-state index contributed by atoms with van der Waals surface area (Å²) in [6, 6.07) is 8.92. The number of carbonyl (C=O) groups excluding carboxylic acids is 2. The van der Waals surface area contributed by atoms with E-state index in [0.717, 1.165) is 23.3 Å². The van der Waals surface area contributed by atoms with Gasteiger partial charge >= 0.3 is 5.97 Å². The van der Waals surface area contributed by atoms with E-state index in [1.54, 1.807) is 6.07 Å². The van der Waals surface area contributed by atoms with Gasteiger partial charge in [-0.1, -0.05) is 17.7 Å². The summed E-state index contributed by atoms with van der Waals surface area (Å²) in [5.74, 6) is -1.80. The maximum Gasteiger partial charge on any atom is 0.340 e. The van der Waals surface area contributed by atoms with E-state index in [1.807, 2.05) is 26.0 Å². The van der Waals surface area contributed by atoms with Crippen LogP contribution < -0.4 is 11.1 Å². The second-order valence-electron chi connectivity index (χ2n) is 5.17. The van der Waals surface area contributed by atoms with Gasteiger partial charge in [0.2, 0.25) is 0 Å². The molecule has 2 aromatic rings. The highest BCUT2D eigenvalue weighted by Gasteiger charge is 2.14. The largest absolute Gasteiger partial charge is 0.452 e. The number of carbonyl (C=O) groups is 2. The molecule has 0 aliphatic carbocycles. The zero-order chi connectivity index (χ0) is 17.0. The Hall–Kier alpha value is -2.89. The summed E-state index contributed by atoms with van der Waals surface area (Å²) in [5.41, 5.74) is 8.17. The Bertz CT molecular complexity index is 759. The van der Waals surface area contributed by atoms with Crippen molar-refractivity contribution in [2.45, 2.75) is 13.8 Å². The van der Waals surface area contributed by atoms with Gasteiger partial charge in [0.15, 0.2) is 6.61 Å². The molecule has 0 heterocycles. The molecule has 0 saturated carbocycles. The summed E-state index contributed by atoms with van der Waals surface area (Å²) < 4.78 is 17.8. The highest BCUT2D eigenvalue weighted by Crippen LogP contribution is 2.17. The molecule has 0 spiro atoms. The molecular formula is C17H17FN2O3. The Morgan fingerprint density at radius 3 is 2.57 bits per heavy atom. The highest BCUT2D eigenvalue weighted by atomic mass is 19.1. The minimum absolute atomic E-state index is 0.0192. The summed E-state index contributed by atoms with van der Waals surface area (Å²) in [6.45, 7) is 3.37. The van der Waals surface area contributed by atoms with Crippen molar-refractivity contribution in [1.29, 1.82) is 0 Å². The molecule has 0 saturated heterocycles. The minimum Gasteiger partial charge on any atom is -0.452 e. The second-order valence-corrected chi connectivity index (χ2v) is 5.17. The van der Waals surface area contributed by atoms with E-state index in [1.165, 1.54) is 6.07 Å². The van der Waals surface area contributed by atoms with Crippen molar-refractivity contribution < 1.29 is 18.7 Å². The number of nitrogen functional groups attached to an aromatic ring is 1. The number of halogens is 1. The molecule has 2 aromatic carbocycles. The van der Waals surface area contributed by atoms with Crippen LogP contribution in [-0.2, 0) is 9.53 Å². The quantitative estimate of drug-likeness (QED) is 0.671. The van der Waals surface area contributed by atoms with Crippen LogP contribution in [0.5, 0.6) is 0 Å². The molecule has 0 atom stereocenters. The first-order valence-electron chi connectivity index (χ1n) is 6.96. The number of ether oxygens (including phenoxy) is 1. The summed E-state index contributed by atoms with van der Waals surface area (Å²) in [7, 11) is 0. The minimum atomic E-state index is -0.779. The maximum atomic E-state index is 12.9. The van der Waals surface area contributed by atoms with Crippen molar-refractivity contribution in [3.63, 3.8) is 0 Å². The zero-order valence-electron chi connectivity index (χ0n) is 12.9. The molecule has 0 unspecified atom stereocenters. The van der Waals surface area contributed by atoms with Gasteiger partial charge in [0, 0.05) is 11.4 Å². The predicted octanol–water partition coefficient (Wildman–Crippen LogP) is 2.82. The van der Waals surface area contributed by atoms with E-state index in [0.29, 0.717) is 5.69 Å². The second kappa shape index (κ2) is 6.91. The van der Waals surface area contributed by atoms with E-state index < -0.39 is 24.3 Å². The van der Waals surface area contributed by atoms with Gasteiger partial charge in [0.05, 0.1) is 5.56 Å². The van der Waals surface area contributed by atoms with E-state index in [-0.39, 0.29) is 11.3 Å². The molecular weight excluding hydrogens is 299 g/mol. The van der Waals surface area contributed by atoms with Gasteiger partial charge < -0.3 is 15.8 Å². The molecule has 0 aliphatic heterocycles. The highest BCUT2D eigenvalue weighted by molar-refractivity contribution is 5.98. The van der Waals surface area contributed by atoms with Crippen molar-refractivity contribution >= 4 is 23.3 Å². The molecule has 3 N–H and O–H groups in total. The van der Waals surface area contributed by atoms with Gasteiger partial charge in [-0.2, -0.15) is 0 Å². The summed E-state index contributed by atoms with van der Waals surface area (Å²) >= 11 is 0. The fourth-order valence-electron chi connectivity index (χ4n) is 2.07. The third-order valence-corrected chi connectivity index (χ3v) is 3.22. The van der Waals surface area contributed by atoms with Crippen LogP contribution in [0.3, 0.4) is 0 Å². The van der Waals surface area contributed by atoms with Crippen LogP contribution in [-0.4, -0.2) is 18.5 Å². The number of esters is 1. The van der Waals surface area contributed by atoms with E-state index in [4.69, 9.17) is 10.5 Å². The van der Waals surface area contributed by atoms with Gasteiger partial charge in [-0.05, 0) is 43.7 Å². The predicted molar refractivity (Wildman–Crippen MR) is 85.6 cm³/mol. The Morgan fingerprint density at radius 1 is 1.17 bits per heavy atom. The van der Waals surface area contributed by atoms with Crippen LogP contribution in [0.25, 0.3) is 0 Å². The van der Waals surface area contributed by atoms with Crippen LogP contribution in [0.15, 0.2) is 36.4 Å². The summed E-state index contributed by atoms with van der Waals surface area (Å²) in [6.07, 6.45) is 0. The molecule has 6 heteroatoms. The van der Waals surface area contributed by atoms with Crippen LogP contribution in [0.2, 0.25) is 0 Å². The SMILES string of the molecule is Cc1ccc(NC(=O)COC(=O)c2ccc(F)cc2N)c(C)c1. The number of hydrogen-bond acceptors (Lipinski definition) is 4. The molecule has 0 aromatic heterocycles. The first-order valence-corrected chi connectivity index (χ1v) is 6.96. The third kappa shape index (κ3) is 4.29. The third-order valence-electron chi connectivity index (χ3n) is 3.22. The van der Waals surface area contributed by atoms with Gasteiger partial charge in [-0.15, -0.1) is 0 Å². The van der Waals surface area contributed by atoms with Crippen molar-refractivity contribution in [2.24, 2.45) is 0 Å². The smallest absolute Gasteiger partial charge is 0.340 e. The van der Waals surface area contributed by atoms with E-state index >= 15 is 0 Å². The van der Waals surface area contributed by atoms with Crippen LogP contribution >= 0.6 is 0 Å². The number of anilines is 2. The molecule has 0 aliphatic rings. The monoisotopic (exact) mass is 316 g/mol. The van der Waals surface area contributed by atoms with Gasteiger partial charge in [-0.25, -0.2) is 9.18 Å². The summed E-state index contributed by atoms with van der Waals surface area (Å²) in [5, 5.41) is 2.66. The number of nitrogens with one attached hydrogen (secondary N) is 1. The van der Waals surface area contributed by atoms with Gasteiger partial charge in [0.1, 0.15) is 5.82 Å². The molecule has 5 nitrogen and oxygen atoms in total. The Labute approximate surface area is 133 Å². The lowest BCUT2D eigenvalue weighted by Crippen LogP contribution is -2.21. The van der Waals surface area contributed by atoms with Crippen LogP contribution in [0.4, 0.5) is 15.8 Å². The number of nitrogens with two attached hydrogens (primary N) is 1. The number of benzene rings is 2. The molecule has 0 fully saturated rings. The lowest BCUT2D eigenvalue weighted by atomic mass is 10.1. The zero-order valence-corrected chi connectivity index (χ0v) is 12.9. The number of rotatable bonds is 4. The Balaban J connectivity index is 1.94. The van der Waals surface area contributed by atoms with Crippen molar-refractivity contribution in [1.82, 2.24) is 0 Å². The number of hydrogen-bond donors (Lipinski definition) is 2. The average molecular weight is 316 g/mol. The molecule has 0 bridgehead atoms. The van der Waals surface area contributed by atoms with E-state index in [2.05, 4.69) is 5.32 Å². The van der Waals surface area contributed by atoms with Crippen molar-refractivity contribution in [3.05, 3.63) is 58.9 Å².